The van der Waals surface area contributed by atoms with Gasteiger partial charge < -0.3 is 0 Å². The van der Waals surface area contributed by atoms with E-state index < -0.39 is 0 Å². The maximum atomic E-state index is 2.56. The second kappa shape index (κ2) is 5.13. The smallest absolute Gasteiger partial charge is 0.0282 e. The quantitative estimate of drug-likeness (QED) is 0.679. The summed E-state index contributed by atoms with van der Waals surface area (Å²) in [6.45, 7) is 4.44. The maximum Gasteiger partial charge on any atom is 0.0282 e. The Morgan fingerprint density at radius 2 is 2.13 bits per heavy atom. The van der Waals surface area contributed by atoms with Gasteiger partial charge in [0.05, 0.1) is 0 Å². The highest BCUT2D eigenvalue weighted by Gasteiger charge is 2.21. The zero-order valence-corrected chi connectivity index (χ0v) is 9.39. The van der Waals surface area contributed by atoms with Crippen molar-refractivity contribution in [3.8, 4) is 0 Å². The zero-order chi connectivity index (χ0) is 10.5. The van der Waals surface area contributed by atoms with Gasteiger partial charge in [0.1, 0.15) is 0 Å². The highest BCUT2D eigenvalue weighted by atomic mass is 15.2. The number of rotatable bonds is 3. The number of hydrogen-bond donors (Lipinski definition) is 0. The van der Waals surface area contributed by atoms with E-state index in [1.165, 1.54) is 24.9 Å². The van der Waals surface area contributed by atoms with Crippen LogP contribution in [0.15, 0.2) is 42.5 Å². The van der Waals surface area contributed by atoms with Crippen LogP contribution in [-0.4, -0.2) is 17.5 Å². The minimum absolute atomic E-state index is 0.662. The molecule has 0 bridgehead atoms. The third kappa shape index (κ3) is 2.69. The summed E-state index contributed by atoms with van der Waals surface area (Å²) in [6.07, 6.45) is 7.16. The molecule has 0 saturated carbocycles. The standard InChI is InChI=1S/C14H19N/c1-2-7-14-10-6-11-15(14)12-13-8-4-3-5-9-13/h2-5,7-9,14H,6,10-12H2,1H3/b7-2-/t14-/m0/s1. The number of hydrogen-bond acceptors (Lipinski definition) is 1. The molecule has 80 valence electrons. The second-order valence-electron chi connectivity index (χ2n) is 4.19. The number of benzene rings is 1. The van der Waals surface area contributed by atoms with Crippen LogP contribution in [0.3, 0.4) is 0 Å². The summed E-state index contributed by atoms with van der Waals surface area (Å²) in [7, 11) is 0. The van der Waals surface area contributed by atoms with Crippen molar-refractivity contribution in [3.63, 3.8) is 0 Å². The lowest BCUT2D eigenvalue weighted by Crippen LogP contribution is -2.27. The molecule has 1 saturated heterocycles. The summed E-state index contributed by atoms with van der Waals surface area (Å²) >= 11 is 0. The van der Waals surface area contributed by atoms with Gasteiger partial charge in [-0.1, -0.05) is 42.5 Å². The predicted molar refractivity (Wildman–Crippen MR) is 64.7 cm³/mol. The Kier molecular flexibility index (Phi) is 3.57. The van der Waals surface area contributed by atoms with Crippen molar-refractivity contribution in [2.75, 3.05) is 6.54 Å². The van der Waals surface area contributed by atoms with Crippen LogP contribution in [0.2, 0.25) is 0 Å². The summed E-state index contributed by atoms with van der Waals surface area (Å²) in [5.74, 6) is 0. The fourth-order valence-electron chi connectivity index (χ4n) is 2.31. The van der Waals surface area contributed by atoms with Crippen LogP contribution in [0.25, 0.3) is 0 Å². The van der Waals surface area contributed by atoms with Gasteiger partial charge in [-0.05, 0) is 31.9 Å². The Hall–Kier alpha value is -1.08. The lowest BCUT2D eigenvalue weighted by atomic mass is 10.1. The zero-order valence-electron chi connectivity index (χ0n) is 9.39. The molecule has 0 unspecified atom stereocenters. The maximum absolute atomic E-state index is 2.56. The molecule has 0 amide bonds. The van der Waals surface area contributed by atoms with Gasteiger partial charge in [0.15, 0.2) is 0 Å². The summed E-state index contributed by atoms with van der Waals surface area (Å²) in [5.41, 5.74) is 1.42. The molecule has 0 aliphatic carbocycles. The molecule has 1 nitrogen and oxygen atoms in total. The molecule has 0 N–H and O–H groups in total. The van der Waals surface area contributed by atoms with E-state index >= 15 is 0 Å². The predicted octanol–water partition coefficient (Wildman–Crippen LogP) is 3.23. The minimum Gasteiger partial charge on any atom is -0.293 e. The summed E-state index contributed by atoms with van der Waals surface area (Å²) in [6, 6.07) is 11.4. The van der Waals surface area contributed by atoms with E-state index in [9.17, 15) is 0 Å². The van der Waals surface area contributed by atoms with Crippen molar-refractivity contribution in [2.45, 2.75) is 32.4 Å². The van der Waals surface area contributed by atoms with E-state index in [1.807, 2.05) is 0 Å². The molecular weight excluding hydrogens is 182 g/mol. The van der Waals surface area contributed by atoms with Gasteiger partial charge in [-0.3, -0.25) is 4.90 Å². The normalized spacial score (nSPS) is 22.6. The van der Waals surface area contributed by atoms with Gasteiger partial charge in [-0.15, -0.1) is 0 Å². The molecule has 1 aromatic carbocycles. The Labute approximate surface area is 92.4 Å². The molecule has 1 aliphatic rings. The van der Waals surface area contributed by atoms with Gasteiger partial charge >= 0.3 is 0 Å². The van der Waals surface area contributed by atoms with E-state index in [-0.39, 0.29) is 0 Å². The third-order valence-corrected chi connectivity index (χ3v) is 3.06. The van der Waals surface area contributed by atoms with Crippen molar-refractivity contribution in [1.82, 2.24) is 4.90 Å². The molecule has 1 heteroatoms. The first-order valence-electron chi connectivity index (χ1n) is 5.81. The summed E-state index contributed by atoms with van der Waals surface area (Å²) in [5, 5.41) is 0. The number of likely N-dealkylation sites (tertiary alicyclic amines) is 1. The van der Waals surface area contributed by atoms with Crippen molar-refractivity contribution in [2.24, 2.45) is 0 Å². The molecule has 2 rings (SSSR count). The van der Waals surface area contributed by atoms with Gasteiger partial charge in [0.2, 0.25) is 0 Å². The van der Waals surface area contributed by atoms with E-state index in [4.69, 9.17) is 0 Å². The van der Waals surface area contributed by atoms with Crippen LogP contribution in [-0.2, 0) is 6.54 Å². The van der Waals surface area contributed by atoms with Crippen molar-refractivity contribution in [1.29, 1.82) is 0 Å². The van der Waals surface area contributed by atoms with Crippen molar-refractivity contribution in [3.05, 3.63) is 48.0 Å². The van der Waals surface area contributed by atoms with Gasteiger partial charge in [-0.2, -0.15) is 0 Å². The van der Waals surface area contributed by atoms with Crippen LogP contribution in [0.1, 0.15) is 25.3 Å². The van der Waals surface area contributed by atoms with E-state index in [0.29, 0.717) is 6.04 Å². The molecule has 1 aromatic rings. The van der Waals surface area contributed by atoms with Gasteiger partial charge in [-0.25, -0.2) is 0 Å². The molecule has 1 atom stereocenters. The minimum atomic E-state index is 0.662. The third-order valence-electron chi connectivity index (χ3n) is 3.06. The van der Waals surface area contributed by atoms with E-state index in [0.717, 1.165) is 6.54 Å². The van der Waals surface area contributed by atoms with Gasteiger partial charge in [0.25, 0.3) is 0 Å². The SMILES string of the molecule is C/C=C\[C@H]1CCCN1Cc1ccccc1. The van der Waals surface area contributed by atoms with Crippen LogP contribution in [0.4, 0.5) is 0 Å². The summed E-state index contributed by atoms with van der Waals surface area (Å²) < 4.78 is 0. The number of nitrogens with zero attached hydrogens (tertiary/aromatic N) is 1. The average Bonchev–Trinajstić information content (AvgIpc) is 2.68. The topological polar surface area (TPSA) is 3.24 Å². The van der Waals surface area contributed by atoms with E-state index in [1.54, 1.807) is 0 Å². The highest BCUT2D eigenvalue weighted by molar-refractivity contribution is 5.15. The molecule has 1 fully saturated rings. The Bertz CT molecular complexity index is 315. The van der Waals surface area contributed by atoms with Crippen molar-refractivity contribution >= 4 is 0 Å². The number of allylic oxidation sites excluding steroid dienone is 1. The van der Waals surface area contributed by atoms with Crippen LogP contribution in [0.5, 0.6) is 0 Å². The molecule has 0 aromatic heterocycles. The molecule has 0 radical (unpaired) electrons. The van der Waals surface area contributed by atoms with Crippen molar-refractivity contribution < 1.29 is 0 Å². The highest BCUT2D eigenvalue weighted by Crippen LogP contribution is 2.20. The second-order valence-corrected chi connectivity index (χ2v) is 4.19. The van der Waals surface area contributed by atoms with Crippen LogP contribution in [0, 0.1) is 0 Å². The largest absolute Gasteiger partial charge is 0.293 e. The molecule has 1 aliphatic heterocycles. The molecule has 15 heavy (non-hydrogen) atoms. The van der Waals surface area contributed by atoms with Crippen LogP contribution < -0.4 is 0 Å². The summed E-state index contributed by atoms with van der Waals surface area (Å²) in [4.78, 5) is 2.56. The Balaban J connectivity index is 1.99. The fraction of sp³-hybridized carbons (Fsp3) is 0.429. The fourth-order valence-corrected chi connectivity index (χ4v) is 2.31. The first-order valence-corrected chi connectivity index (χ1v) is 5.81. The first kappa shape index (κ1) is 10.4. The lowest BCUT2D eigenvalue weighted by molar-refractivity contribution is 0.281. The first-order chi connectivity index (χ1) is 7.40. The lowest BCUT2D eigenvalue weighted by Gasteiger charge is -2.21. The molecule has 0 spiro atoms. The monoisotopic (exact) mass is 201 g/mol. The van der Waals surface area contributed by atoms with E-state index in [2.05, 4.69) is 54.3 Å². The Morgan fingerprint density at radius 3 is 2.87 bits per heavy atom. The average molecular weight is 201 g/mol. The van der Waals surface area contributed by atoms with Gasteiger partial charge in [0, 0.05) is 12.6 Å². The molecular formula is C14H19N. The Morgan fingerprint density at radius 1 is 1.33 bits per heavy atom. The van der Waals surface area contributed by atoms with Crippen LogP contribution >= 0.6 is 0 Å². The molecule has 1 heterocycles.